The molecular formula is C18H16F3N5O4. The molecule has 0 radical (unpaired) electrons. The lowest BCUT2D eigenvalue weighted by atomic mass is 10.0. The molecule has 3 heterocycles. The fourth-order valence-corrected chi connectivity index (χ4v) is 2.86. The van der Waals surface area contributed by atoms with Crippen molar-refractivity contribution in [2.45, 2.75) is 26.1 Å². The van der Waals surface area contributed by atoms with Gasteiger partial charge in [-0.2, -0.15) is 13.2 Å². The molecule has 0 spiro atoms. The van der Waals surface area contributed by atoms with Gasteiger partial charge in [-0.15, -0.1) is 0 Å². The number of aromatic carboxylic acids is 1. The highest BCUT2D eigenvalue weighted by molar-refractivity contribution is 5.88. The molecule has 0 aliphatic carbocycles. The smallest absolute Gasteiger partial charge is 0.433 e. The molecule has 3 aromatic heterocycles. The Bertz CT molecular complexity index is 1190. The second kappa shape index (κ2) is 7.61. The largest absolute Gasteiger partial charge is 0.493 e. The second-order valence-electron chi connectivity index (χ2n) is 6.39. The van der Waals surface area contributed by atoms with Gasteiger partial charge in [0, 0.05) is 17.8 Å². The van der Waals surface area contributed by atoms with Gasteiger partial charge in [0.2, 0.25) is 0 Å². The van der Waals surface area contributed by atoms with Crippen LogP contribution in [0, 0.1) is 6.92 Å². The average Bonchev–Trinajstić information content (AvgIpc) is 2.66. The predicted octanol–water partition coefficient (Wildman–Crippen LogP) is 2.92. The molecule has 0 fully saturated rings. The number of carbonyl (C=O) groups is 1. The molecule has 30 heavy (non-hydrogen) atoms. The summed E-state index contributed by atoms with van der Waals surface area (Å²) in [7, 11) is 1.27. The number of methoxy groups -OCH3 is 1. The molecule has 12 heteroatoms. The third-order valence-electron chi connectivity index (χ3n) is 4.25. The maximum Gasteiger partial charge on any atom is 0.433 e. The maximum absolute atomic E-state index is 13.7. The molecule has 3 rings (SSSR count). The van der Waals surface area contributed by atoms with Crippen molar-refractivity contribution in [3.63, 3.8) is 0 Å². The number of H-pyrrole nitrogens is 1. The van der Waals surface area contributed by atoms with Crippen LogP contribution >= 0.6 is 0 Å². The molecule has 0 aromatic carbocycles. The monoisotopic (exact) mass is 423 g/mol. The summed E-state index contributed by atoms with van der Waals surface area (Å²) in [5, 5.41) is 11.7. The van der Waals surface area contributed by atoms with Gasteiger partial charge in [0.15, 0.2) is 22.9 Å². The van der Waals surface area contributed by atoms with Crippen molar-refractivity contribution in [3.8, 4) is 5.75 Å². The molecule has 0 aliphatic heterocycles. The van der Waals surface area contributed by atoms with Gasteiger partial charge in [-0.3, -0.25) is 4.79 Å². The van der Waals surface area contributed by atoms with E-state index in [1.807, 2.05) is 0 Å². The number of hydrogen-bond acceptors (Lipinski definition) is 7. The van der Waals surface area contributed by atoms with E-state index in [1.165, 1.54) is 27.0 Å². The first-order valence-corrected chi connectivity index (χ1v) is 8.54. The van der Waals surface area contributed by atoms with E-state index in [1.54, 1.807) is 0 Å². The Morgan fingerprint density at radius 3 is 2.60 bits per heavy atom. The number of pyridine rings is 2. The molecule has 3 N–H and O–H groups in total. The number of aryl methyl sites for hydroxylation is 1. The van der Waals surface area contributed by atoms with Gasteiger partial charge in [0.05, 0.1) is 24.1 Å². The number of aromatic amines is 1. The number of ether oxygens (including phenoxy) is 1. The first-order valence-electron chi connectivity index (χ1n) is 8.54. The van der Waals surface area contributed by atoms with Gasteiger partial charge < -0.3 is 20.1 Å². The summed E-state index contributed by atoms with van der Waals surface area (Å²) in [5.41, 5.74) is -2.60. The van der Waals surface area contributed by atoms with Gasteiger partial charge in [0.25, 0.3) is 5.56 Å². The van der Waals surface area contributed by atoms with Crippen LogP contribution in [-0.4, -0.2) is 38.1 Å². The van der Waals surface area contributed by atoms with E-state index in [9.17, 15) is 22.8 Å². The van der Waals surface area contributed by atoms with Gasteiger partial charge in [0.1, 0.15) is 5.82 Å². The van der Waals surface area contributed by atoms with Crippen molar-refractivity contribution in [3.05, 3.63) is 51.3 Å². The number of fused-ring (bicyclic) bond motifs is 1. The number of alkyl halides is 3. The first-order chi connectivity index (χ1) is 14.0. The van der Waals surface area contributed by atoms with Crippen LogP contribution in [0.4, 0.5) is 19.0 Å². The summed E-state index contributed by atoms with van der Waals surface area (Å²) in [6.45, 7) is 2.85. The second-order valence-corrected chi connectivity index (χ2v) is 6.39. The van der Waals surface area contributed by atoms with Crippen LogP contribution < -0.4 is 15.6 Å². The Hall–Kier alpha value is -3.70. The number of rotatable bonds is 5. The molecule has 0 bridgehead atoms. The van der Waals surface area contributed by atoms with Gasteiger partial charge >= 0.3 is 12.1 Å². The molecule has 1 atom stereocenters. The highest BCUT2D eigenvalue weighted by Gasteiger charge is 2.37. The maximum atomic E-state index is 13.7. The van der Waals surface area contributed by atoms with Gasteiger partial charge in [-0.1, -0.05) is 0 Å². The molecule has 0 aliphatic rings. The van der Waals surface area contributed by atoms with E-state index in [2.05, 4.69) is 25.3 Å². The zero-order valence-corrected chi connectivity index (χ0v) is 16.0. The standard InChI is InChI=1S/C18H16F3N5O4/c1-7(23-15-12(30-3)4-9(6-22-15)17(28)29)10-5-11-14(24-8(2)25-16(11)27)26-13(10)18(19,20)21/h4-7H,1-3H3,(H,22,23)(H,28,29)(H,24,25,26,27). The Kier molecular flexibility index (Phi) is 5.33. The minimum Gasteiger partial charge on any atom is -0.493 e. The highest BCUT2D eigenvalue weighted by atomic mass is 19.4. The quantitative estimate of drug-likeness (QED) is 0.571. The molecule has 9 nitrogen and oxygen atoms in total. The van der Waals surface area contributed by atoms with Gasteiger partial charge in [-0.25, -0.2) is 19.7 Å². The Balaban J connectivity index is 2.11. The Morgan fingerprint density at radius 2 is 2.00 bits per heavy atom. The summed E-state index contributed by atoms with van der Waals surface area (Å²) >= 11 is 0. The lowest BCUT2D eigenvalue weighted by Gasteiger charge is -2.21. The molecule has 0 amide bonds. The molecule has 158 valence electrons. The fraction of sp³-hybridized carbons (Fsp3) is 0.278. The number of nitrogens with zero attached hydrogens (tertiary/aromatic N) is 3. The zero-order chi connectivity index (χ0) is 22.2. The van der Waals surface area contributed by atoms with Crippen LogP contribution in [0.5, 0.6) is 5.75 Å². The van der Waals surface area contributed by atoms with Crippen LogP contribution in [0.2, 0.25) is 0 Å². The summed E-state index contributed by atoms with van der Waals surface area (Å²) in [6, 6.07) is 1.24. The number of aromatic nitrogens is 4. The van der Waals surface area contributed by atoms with E-state index in [0.29, 0.717) is 0 Å². The number of carboxylic acid groups (broad SMARTS) is 1. The van der Waals surface area contributed by atoms with Gasteiger partial charge in [-0.05, 0) is 19.9 Å². The molecule has 1 unspecified atom stereocenters. The minimum absolute atomic E-state index is 0.0270. The summed E-state index contributed by atoms with van der Waals surface area (Å²) in [6.07, 6.45) is -3.76. The molecule has 3 aromatic rings. The number of halogens is 3. The number of anilines is 1. The van der Waals surface area contributed by atoms with Crippen LogP contribution in [-0.2, 0) is 6.18 Å². The number of carboxylic acids is 1. The van der Waals surface area contributed by atoms with Crippen molar-refractivity contribution < 1.29 is 27.8 Å². The summed E-state index contributed by atoms with van der Waals surface area (Å²) in [4.78, 5) is 37.0. The first kappa shape index (κ1) is 21.0. The molecule has 0 saturated heterocycles. The van der Waals surface area contributed by atoms with Crippen molar-refractivity contribution in [1.29, 1.82) is 0 Å². The average molecular weight is 423 g/mol. The van der Waals surface area contributed by atoms with Crippen LogP contribution in [0.15, 0.2) is 23.1 Å². The fourth-order valence-electron chi connectivity index (χ4n) is 2.86. The van der Waals surface area contributed by atoms with E-state index in [-0.39, 0.29) is 39.6 Å². The van der Waals surface area contributed by atoms with Crippen LogP contribution in [0.1, 0.15) is 40.4 Å². The lowest BCUT2D eigenvalue weighted by molar-refractivity contribution is -0.141. The van der Waals surface area contributed by atoms with Crippen molar-refractivity contribution in [1.82, 2.24) is 19.9 Å². The summed E-state index contributed by atoms with van der Waals surface area (Å²) in [5.74, 6) is -1.04. The molecular weight excluding hydrogens is 407 g/mol. The van der Waals surface area contributed by atoms with Crippen molar-refractivity contribution in [2.75, 3.05) is 12.4 Å². The summed E-state index contributed by atoms with van der Waals surface area (Å²) < 4.78 is 46.0. The minimum atomic E-state index is -4.80. The number of nitrogens with one attached hydrogen (secondary N) is 2. The van der Waals surface area contributed by atoms with E-state index in [0.717, 1.165) is 12.3 Å². The van der Waals surface area contributed by atoms with Crippen LogP contribution in [0.3, 0.4) is 0 Å². The van der Waals surface area contributed by atoms with E-state index >= 15 is 0 Å². The van der Waals surface area contributed by atoms with E-state index < -0.39 is 29.4 Å². The highest BCUT2D eigenvalue weighted by Crippen LogP contribution is 2.36. The van der Waals surface area contributed by atoms with Crippen LogP contribution in [0.25, 0.3) is 11.0 Å². The van der Waals surface area contributed by atoms with Crippen molar-refractivity contribution >= 4 is 22.8 Å². The molecule has 0 saturated carbocycles. The zero-order valence-electron chi connectivity index (χ0n) is 16.0. The third-order valence-corrected chi connectivity index (χ3v) is 4.25. The third kappa shape index (κ3) is 4.02. The SMILES string of the molecule is COc1cc(C(=O)O)cnc1NC(C)c1cc2c(=O)[nH]c(C)nc2nc1C(F)(F)F. The Morgan fingerprint density at radius 1 is 1.30 bits per heavy atom. The number of hydrogen-bond donors (Lipinski definition) is 3. The topological polar surface area (TPSA) is 130 Å². The lowest BCUT2D eigenvalue weighted by Crippen LogP contribution is -2.20. The van der Waals surface area contributed by atoms with E-state index in [4.69, 9.17) is 9.84 Å². The normalized spacial score (nSPS) is 12.6. The predicted molar refractivity (Wildman–Crippen MR) is 99.7 cm³/mol. The Labute approximate surface area is 167 Å². The van der Waals surface area contributed by atoms with Crippen molar-refractivity contribution in [2.24, 2.45) is 0 Å².